The zero-order valence-electron chi connectivity index (χ0n) is 14.6. The number of fused-ring (bicyclic) bond motifs is 1. The largest absolute Gasteiger partial charge is 0.369 e. The van der Waals surface area contributed by atoms with E-state index in [4.69, 9.17) is 5.73 Å². The Bertz CT molecular complexity index is 770. The highest BCUT2D eigenvalue weighted by Gasteiger charge is 2.26. The lowest BCUT2D eigenvalue weighted by Gasteiger charge is -2.30. The summed E-state index contributed by atoms with van der Waals surface area (Å²) in [6.45, 7) is 4.88. The van der Waals surface area contributed by atoms with E-state index in [0.29, 0.717) is 13.1 Å². The van der Waals surface area contributed by atoms with E-state index in [1.807, 2.05) is 33.8 Å². The number of nitrogens with zero attached hydrogens (tertiary/aromatic N) is 3. The fourth-order valence-corrected chi connectivity index (χ4v) is 3.52. The van der Waals surface area contributed by atoms with Crippen LogP contribution < -0.4 is 11.1 Å². The molecule has 1 aromatic heterocycles. The molecule has 2 amide bonds. The van der Waals surface area contributed by atoms with Gasteiger partial charge < -0.3 is 11.1 Å². The summed E-state index contributed by atoms with van der Waals surface area (Å²) in [6.07, 6.45) is 1.74. The van der Waals surface area contributed by atoms with Crippen LogP contribution in [0, 0.1) is 5.92 Å². The molecule has 1 saturated heterocycles. The first kappa shape index (κ1) is 17.4. The van der Waals surface area contributed by atoms with Crippen molar-refractivity contribution in [3.05, 3.63) is 30.0 Å². The number of piperidine rings is 1. The molecule has 0 saturated carbocycles. The van der Waals surface area contributed by atoms with Gasteiger partial charge in [0, 0.05) is 18.5 Å². The summed E-state index contributed by atoms with van der Waals surface area (Å²) in [6, 6.07) is 8.05. The van der Waals surface area contributed by atoms with Crippen LogP contribution in [-0.2, 0) is 22.7 Å². The molecule has 0 aliphatic carbocycles. The molecule has 1 aromatic carbocycles. The molecule has 1 aliphatic heterocycles. The molecule has 0 spiro atoms. The van der Waals surface area contributed by atoms with Gasteiger partial charge in [0.2, 0.25) is 11.8 Å². The predicted molar refractivity (Wildman–Crippen MR) is 95.6 cm³/mol. The molecule has 7 heteroatoms. The number of benzene rings is 1. The SMILES string of the molecule is CCn1nc(CNC(=O)C2CCCN(CC(N)=O)C2)c2ccccc21. The Labute approximate surface area is 147 Å². The van der Waals surface area contributed by atoms with Crippen molar-refractivity contribution in [1.29, 1.82) is 0 Å². The molecule has 7 nitrogen and oxygen atoms in total. The summed E-state index contributed by atoms with van der Waals surface area (Å²) in [5.41, 5.74) is 7.22. The van der Waals surface area contributed by atoms with Crippen molar-refractivity contribution >= 4 is 22.7 Å². The minimum atomic E-state index is -0.349. The van der Waals surface area contributed by atoms with E-state index >= 15 is 0 Å². The van der Waals surface area contributed by atoms with Crippen LogP contribution in [-0.4, -0.2) is 46.1 Å². The minimum absolute atomic E-state index is 0.0179. The minimum Gasteiger partial charge on any atom is -0.369 e. The van der Waals surface area contributed by atoms with Gasteiger partial charge in [0.05, 0.1) is 30.2 Å². The molecule has 2 aromatic rings. The molecule has 25 heavy (non-hydrogen) atoms. The maximum Gasteiger partial charge on any atom is 0.231 e. The maximum absolute atomic E-state index is 12.5. The number of rotatable bonds is 6. The highest BCUT2D eigenvalue weighted by Crippen LogP contribution is 2.19. The van der Waals surface area contributed by atoms with Crippen molar-refractivity contribution in [1.82, 2.24) is 20.0 Å². The van der Waals surface area contributed by atoms with Gasteiger partial charge in [-0.1, -0.05) is 18.2 Å². The Balaban J connectivity index is 1.63. The Morgan fingerprint density at radius 3 is 2.92 bits per heavy atom. The van der Waals surface area contributed by atoms with E-state index in [2.05, 4.69) is 17.3 Å². The molecule has 0 bridgehead atoms. The molecule has 1 atom stereocenters. The van der Waals surface area contributed by atoms with Gasteiger partial charge in [-0.15, -0.1) is 0 Å². The smallest absolute Gasteiger partial charge is 0.231 e. The zero-order chi connectivity index (χ0) is 17.8. The van der Waals surface area contributed by atoms with Crippen LogP contribution >= 0.6 is 0 Å². The van der Waals surface area contributed by atoms with E-state index in [1.54, 1.807) is 0 Å². The van der Waals surface area contributed by atoms with E-state index in [1.165, 1.54) is 0 Å². The fraction of sp³-hybridized carbons (Fsp3) is 0.500. The summed E-state index contributed by atoms with van der Waals surface area (Å²) >= 11 is 0. The fourth-order valence-electron chi connectivity index (χ4n) is 3.52. The molecular formula is C18H25N5O2. The van der Waals surface area contributed by atoms with Crippen LogP contribution in [0.15, 0.2) is 24.3 Å². The summed E-state index contributed by atoms with van der Waals surface area (Å²) < 4.78 is 1.95. The zero-order valence-corrected chi connectivity index (χ0v) is 14.6. The average molecular weight is 343 g/mol. The topological polar surface area (TPSA) is 93.2 Å². The first-order valence-electron chi connectivity index (χ1n) is 8.81. The van der Waals surface area contributed by atoms with Crippen LogP contribution in [0.2, 0.25) is 0 Å². The van der Waals surface area contributed by atoms with Gasteiger partial charge in [0.25, 0.3) is 0 Å². The number of para-hydroxylation sites is 1. The second-order valence-electron chi connectivity index (χ2n) is 6.54. The second kappa shape index (κ2) is 7.65. The third-order valence-electron chi connectivity index (χ3n) is 4.72. The number of likely N-dealkylation sites (tertiary alicyclic amines) is 1. The number of primary amides is 1. The number of aromatic nitrogens is 2. The Hall–Kier alpha value is -2.41. The number of hydrogen-bond donors (Lipinski definition) is 2. The maximum atomic E-state index is 12.5. The number of hydrogen-bond acceptors (Lipinski definition) is 4. The van der Waals surface area contributed by atoms with Crippen LogP contribution in [0.25, 0.3) is 10.9 Å². The standard InChI is InChI=1S/C18H25N5O2/c1-2-23-16-8-4-3-7-14(16)15(21-23)10-20-18(25)13-6-5-9-22(11-13)12-17(19)24/h3-4,7-8,13H,2,5-6,9-12H2,1H3,(H2,19,24)(H,20,25). The third-order valence-corrected chi connectivity index (χ3v) is 4.72. The number of carbonyl (C=O) groups is 2. The van der Waals surface area contributed by atoms with Gasteiger partial charge in [0.1, 0.15) is 0 Å². The van der Waals surface area contributed by atoms with Crippen molar-refractivity contribution in [2.24, 2.45) is 11.7 Å². The van der Waals surface area contributed by atoms with E-state index < -0.39 is 0 Å². The average Bonchev–Trinajstić information content (AvgIpc) is 2.97. The van der Waals surface area contributed by atoms with Gasteiger partial charge in [-0.3, -0.25) is 19.2 Å². The van der Waals surface area contributed by atoms with E-state index in [-0.39, 0.29) is 24.3 Å². The molecule has 0 radical (unpaired) electrons. The molecule has 134 valence electrons. The Morgan fingerprint density at radius 1 is 1.36 bits per heavy atom. The second-order valence-corrected chi connectivity index (χ2v) is 6.54. The Morgan fingerprint density at radius 2 is 2.16 bits per heavy atom. The highest BCUT2D eigenvalue weighted by atomic mass is 16.2. The van der Waals surface area contributed by atoms with Gasteiger partial charge >= 0.3 is 0 Å². The number of aryl methyl sites for hydroxylation is 1. The van der Waals surface area contributed by atoms with Crippen LogP contribution in [0.3, 0.4) is 0 Å². The molecule has 1 fully saturated rings. The summed E-state index contributed by atoms with van der Waals surface area (Å²) in [4.78, 5) is 25.6. The number of nitrogens with two attached hydrogens (primary N) is 1. The molecular weight excluding hydrogens is 318 g/mol. The van der Waals surface area contributed by atoms with Crippen molar-refractivity contribution < 1.29 is 9.59 Å². The normalized spacial score (nSPS) is 18.4. The predicted octanol–water partition coefficient (Wildman–Crippen LogP) is 0.870. The number of amides is 2. The monoisotopic (exact) mass is 343 g/mol. The van der Waals surface area contributed by atoms with Crippen molar-refractivity contribution in [2.45, 2.75) is 32.9 Å². The van der Waals surface area contributed by atoms with E-state index in [0.717, 1.165) is 42.5 Å². The van der Waals surface area contributed by atoms with Crippen molar-refractivity contribution in [3.8, 4) is 0 Å². The molecule has 3 rings (SSSR count). The van der Waals surface area contributed by atoms with Gasteiger partial charge in [-0.25, -0.2) is 0 Å². The van der Waals surface area contributed by atoms with Crippen LogP contribution in [0.5, 0.6) is 0 Å². The van der Waals surface area contributed by atoms with Gasteiger partial charge in [-0.2, -0.15) is 5.10 Å². The van der Waals surface area contributed by atoms with Crippen molar-refractivity contribution in [3.63, 3.8) is 0 Å². The van der Waals surface area contributed by atoms with Crippen LogP contribution in [0.1, 0.15) is 25.5 Å². The lowest BCUT2D eigenvalue weighted by Crippen LogP contribution is -2.45. The number of nitrogens with one attached hydrogen (secondary N) is 1. The highest BCUT2D eigenvalue weighted by molar-refractivity contribution is 5.83. The first-order chi connectivity index (χ1) is 12.1. The van der Waals surface area contributed by atoms with Crippen molar-refractivity contribution in [2.75, 3.05) is 19.6 Å². The molecule has 1 aliphatic rings. The molecule has 3 N–H and O–H groups in total. The number of carbonyl (C=O) groups excluding carboxylic acids is 2. The summed E-state index contributed by atoms with van der Waals surface area (Å²) in [7, 11) is 0. The lowest BCUT2D eigenvalue weighted by molar-refractivity contribution is -0.128. The van der Waals surface area contributed by atoms with Gasteiger partial charge in [0.15, 0.2) is 0 Å². The van der Waals surface area contributed by atoms with E-state index in [9.17, 15) is 9.59 Å². The molecule has 2 heterocycles. The summed E-state index contributed by atoms with van der Waals surface area (Å²) in [5.74, 6) is -0.436. The quantitative estimate of drug-likeness (QED) is 0.814. The van der Waals surface area contributed by atoms with Crippen LogP contribution in [0.4, 0.5) is 0 Å². The molecule has 1 unspecified atom stereocenters. The lowest BCUT2D eigenvalue weighted by atomic mass is 9.97. The first-order valence-corrected chi connectivity index (χ1v) is 8.81. The van der Waals surface area contributed by atoms with Gasteiger partial charge in [-0.05, 0) is 32.4 Å². The summed E-state index contributed by atoms with van der Waals surface area (Å²) in [5, 5.41) is 8.70. The Kier molecular flexibility index (Phi) is 5.33. The third kappa shape index (κ3) is 3.99.